The predicted molar refractivity (Wildman–Crippen MR) is 106 cm³/mol. The maximum atomic E-state index is 12.5. The maximum Gasteiger partial charge on any atom is 0.244 e. The number of carbonyl (C=O) groups excluding carboxylic acids is 1. The Morgan fingerprint density at radius 1 is 1.11 bits per heavy atom. The molecule has 0 radical (unpaired) electrons. The highest BCUT2D eigenvalue weighted by molar-refractivity contribution is 5.92. The standard InChI is InChI=1S/C22H31NO4/c1-21(2)15-9-10-22(21,3)18(13-15)23-19(24)8-7-14-11-16(25-4)20(27-6)17(12-14)26-5/h7-8,11-12,15,18H,9-10,13H2,1-6H3,(H,23,24)/b8-7+. The van der Waals surface area contributed by atoms with Crippen molar-refractivity contribution in [1.29, 1.82) is 0 Å². The molecule has 2 bridgehead atoms. The Morgan fingerprint density at radius 3 is 2.19 bits per heavy atom. The van der Waals surface area contributed by atoms with Crippen LogP contribution in [0, 0.1) is 16.7 Å². The van der Waals surface area contributed by atoms with Gasteiger partial charge >= 0.3 is 0 Å². The fourth-order valence-corrected chi connectivity index (χ4v) is 5.01. The van der Waals surface area contributed by atoms with Crippen LogP contribution in [0.2, 0.25) is 0 Å². The third kappa shape index (κ3) is 3.17. The molecular formula is C22H31NO4. The molecule has 0 aliphatic heterocycles. The average Bonchev–Trinajstić information content (AvgIpc) is 2.98. The van der Waals surface area contributed by atoms with Crippen LogP contribution < -0.4 is 19.5 Å². The number of methoxy groups -OCH3 is 3. The molecule has 2 fully saturated rings. The number of amides is 1. The first-order valence-corrected chi connectivity index (χ1v) is 9.55. The van der Waals surface area contributed by atoms with Crippen molar-refractivity contribution in [2.45, 2.75) is 46.1 Å². The summed E-state index contributed by atoms with van der Waals surface area (Å²) in [5, 5.41) is 3.24. The van der Waals surface area contributed by atoms with Crippen molar-refractivity contribution in [3.8, 4) is 17.2 Å². The molecule has 0 saturated heterocycles. The minimum Gasteiger partial charge on any atom is -0.493 e. The Morgan fingerprint density at radius 2 is 1.74 bits per heavy atom. The minimum atomic E-state index is -0.0571. The first kappa shape index (κ1) is 19.6. The van der Waals surface area contributed by atoms with Crippen LogP contribution in [0.4, 0.5) is 0 Å². The molecule has 0 spiro atoms. The monoisotopic (exact) mass is 373 g/mol. The number of benzene rings is 1. The van der Waals surface area contributed by atoms with Crippen molar-refractivity contribution >= 4 is 12.0 Å². The number of carbonyl (C=O) groups is 1. The molecule has 1 amide bonds. The lowest BCUT2D eigenvalue weighted by Crippen LogP contribution is -2.46. The van der Waals surface area contributed by atoms with Gasteiger partial charge in [-0.15, -0.1) is 0 Å². The topological polar surface area (TPSA) is 56.8 Å². The molecule has 0 aromatic heterocycles. The highest BCUT2D eigenvalue weighted by Crippen LogP contribution is 2.65. The Labute approximate surface area is 162 Å². The molecule has 2 aliphatic carbocycles. The van der Waals surface area contributed by atoms with Crippen molar-refractivity contribution in [1.82, 2.24) is 5.32 Å². The molecule has 2 saturated carbocycles. The fourth-order valence-electron chi connectivity index (χ4n) is 5.01. The number of rotatable bonds is 6. The largest absolute Gasteiger partial charge is 0.493 e. The van der Waals surface area contributed by atoms with E-state index in [0.29, 0.717) is 23.2 Å². The van der Waals surface area contributed by atoms with Crippen LogP contribution in [0.25, 0.3) is 6.08 Å². The summed E-state index contributed by atoms with van der Waals surface area (Å²) >= 11 is 0. The molecule has 3 rings (SSSR count). The molecular weight excluding hydrogens is 342 g/mol. The first-order valence-electron chi connectivity index (χ1n) is 9.55. The van der Waals surface area contributed by atoms with E-state index >= 15 is 0 Å². The summed E-state index contributed by atoms with van der Waals surface area (Å²) < 4.78 is 16.1. The molecule has 1 N–H and O–H groups in total. The van der Waals surface area contributed by atoms with Crippen LogP contribution in [0.5, 0.6) is 17.2 Å². The van der Waals surface area contributed by atoms with Crippen LogP contribution in [-0.4, -0.2) is 33.3 Å². The molecule has 1 aromatic rings. The lowest BCUT2D eigenvalue weighted by Gasteiger charge is -2.39. The van der Waals surface area contributed by atoms with E-state index in [1.54, 1.807) is 33.5 Å². The average molecular weight is 373 g/mol. The second kappa shape index (κ2) is 7.10. The summed E-state index contributed by atoms with van der Waals surface area (Å²) in [6.45, 7) is 7.03. The van der Waals surface area contributed by atoms with Crippen LogP contribution in [0.15, 0.2) is 18.2 Å². The van der Waals surface area contributed by atoms with E-state index in [0.717, 1.165) is 12.0 Å². The van der Waals surface area contributed by atoms with Crippen molar-refractivity contribution in [2.75, 3.05) is 21.3 Å². The molecule has 1 aromatic carbocycles. The number of hydrogen-bond donors (Lipinski definition) is 1. The molecule has 0 heterocycles. The van der Waals surface area contributed by atoms with Crippen molar-refractivity contribution < 1.29 is 19.0 Å². The maximum absolute atomic E-state index is 12.5. The van der Waals surface area contributed by atoms with Gasteiger partial charge < -0.3 is 19.5 Å². The van der Waals surface area contributed by atoms with E-state index < -0.39 is 0 Å². The SMILES string of the molecule is COc1cc(/C=C/C(=O)NC2CC3CCC2(C)C3(C)C)cc(OC)c1OC. The lowest BCUT2D eigenvalue weighted by molar-refractivity contribution is -0.118. The molecule has 5 nitrogen and oxygen atoms in total. The molecule has 5 heteroatoms. The smallest absolute Gasteiger partial charge is 0.244 e. The second-order valence-corrected chi connectivity index (χ2v) is 8.46. The van der Waals surface area contributed by atoms with Crippen molar-refractivity contribution in [2.24, 2.45) is 16.7 Å². The van der Waals surface area contributed by atoms with Crippen LogP contribution in [0.1, 0.15) is 45.6 Å². The van der Waals surface area contributed by atoms with Gasteiger partial charge in [-0.25, -0.2) is 0 Å². The van der Waals surface area contributed by atoms with Crippen molar-refractivity contribution in [3.05, 3.63) is 23.8 Å². The number of nitrogens with one attached hydrogen (secondary N) is 1. The summed E-state index contributed by atoms with van der Waals surface area (Å²) in [6, 6.07) is 3.89. The third-order valence-corrected chi connectivity index (χ3v) is 7.22. The van der Waals surface area contributed by atoms with Gasteiger partial charge in [0.1, 0.15) is 0 Å². The summed E-state index contributed by atoms with van der Waals surface area (Å²) in [5.74, 6) is 2.32. The van der Waals surface area contributed by atoms with Gasteiger partial charge in [-0.2, -0.15) is 0 Å². The van der Waals surface area contributed by atoms with Crippen LogP contribution in [0.3, 0.4) is 0 Å². The Balaban J connectivity index is 1.73. The van der Waals surface area contributed by atoms with Gasteiger partial charge in [0.15, 0.2) is 11.5 Å². The summed E-state index contributed by atoms with van der Waals surface area (Å²) in [5.41, 5.74) is 1.28. The van der Waals surface area contributed by atoms with Crippen LogP contribution in [-0.2, 0) is 4.79 Å². The van der Waals surface area contributed by atoms with Gasteiger partial charge in [0.05, 0.1) is 21.3 Å². The third-order valence-electron chi connectivity index (χ3n) is 7.22. The second-order valence-electron chi connectivity index (χ2n) is 8.46. The van der Waals surface area contributed by atoms with E-state index in [4.69, 9.17) is 14.2 Å². The summed E-state index contributed by atoms with van der Waals surface area (Å²) in [4.78, 5) is 12.5. The summed E-state index contributed by atoms with van der Waals surface area (Å²) in [7, 11) is 4.73. The van der Waals surface area contributed by atoms with Gasteiger partial charge in [0.2, 0.25) is 11.7 Å². The minimum absolute atomic E-state index is 0.0571. The normalized spacial score (nSPS) is 28.4. The molecule has 27 heavy (non-hydrogen) atoms. The van der Waals surface area contributed by atoms with Gasteiger partial charge in [-0.05, 0) is 59.8 Å². The highest BCUT2D eigenvalue weighted by Gasteiger charge is 2.61. The van der Waals surface area contributed by atoms with Gasteiger partial charge in [0.25, 0.3) is 0 Å². The fraction of sp³-hybridized carbons (Fsp3) is 0.591. The van der Waals surface area contributed by atoms with Crippen molar-refractivity contribution in [3.63, 3.8) is 0 Å². The zero-order chi connectivity index (χ0) is 19.8. The lowest BCUT2D eigenvalue weighted by atomic mass is 9.69. The molecule has 148 valence electrons. The zero-order valence-corrected chi connectivity index (χ0v) is 17.2. The van der Waals surface area contributed by atoms with Gasteiger partial charge in [-0.3, -0.25) is 4.79 Å². The quantitative estimate of drug-likeness (QED) is 0.764. The van der Waals surface area contributed by atoms with E-state index in [9.17, 15) is 4.79 Å². The molecule has 3 unspecified atom stereocenters. The van der Waals surface area contributed by atoms with E-state index in [1.165, 1.54) is 12.8 Å². The number of ether oxygens (including phenoxy) is 3. The van der Waals surface area contributed by atoms with Gasteiger partial charge in [-0.1, -0.05) is 20.8 Å². The Bertz CT molecular complexity index is 730. The zero-order valence-electron chi connectivity index (χ0n) is 17.2. The molecule has 3 atom stereocenters. The van der Waals surface area contributed by atoms with E-state index in [2.05, 4.69) is 26.1 Å². The number of fused-ring (bicyclic) bond motifs is 2. The predicted octanol–water partition coefficient (Wildman–Crippen LogP) is 4.06. The Kier molecular flexibility index (Phi) is 5.15. The van der Waals surface area contributed by atoms with Gasteiger partial charge in [0, 0.05) is 12.1 Å². The van der Waals surface area contributed by atoms with Crippen LogP contribution >= 0.6 is 0 Å². The molecule has 2 aliphatic rings. The Hall–Kier alpha value is -2.17. The highest BCUT2D eigenvalue weighted by atomic mass is 16.5. The first-order chi connectivity index (χ1) is 12.8. The van der Waals surface area contributed by atoms with E-state index in [-0.39, 0.29) is 22.8 Å². The summed E-state index contributed by atoms with van der Waals surface area (Å²) in [6.07, 6.45) is 6.90. The number of hydrogen-bond acceptors (Lipinski definition) is 4. The van der Waals surface area contributed by atoms with E-state index in [1.807, 2.05) is 12.1 Å².